The average molecular weight is 390 g/mol. The van der Waals surface area contributed by atoms with Gasteiger partial charge in [-0.15, -0.1) is 0 Å². The van der Waals surface area contributed by atoms with E-state index in [0.717, 1.165) is 0 Å². The zero-order chi connectivity index (χ0) is 19.6. The third kappa shape index (κ3) is 8.33. The highest BCUT2D eigenvalue weighted by Gasteiger charge is 2.54. The summed E-state index contributed by atoms with van der Waals surface area (Å²) < 4.78 is 151. The Balaban J connectivity index is 4.81. The van der Waals surface area contributed by atoms with Gasteiger partial charge in [0.25, 0.3) is 0 Å². The predicted octanol–water partition coefficient (Wildman–Crippen LogP) is 4.91. The van der Waals surface area contributed by atoms with Crippen LogP contribution in [0.2, 0.25) is 0 Å². The molecule has 0 aliphatic rings. The van der Waals surface area contributed by atoms with Crippen molar-refractivity contribution in [3.63, 3.8) is 0 Å². The Hall–Kier alpha value is -1.57. The minimum atomic E-state index is -5.61. The van der Waals surface area contributed by atoms with Gasteiger partial charge in [-0.1, -0.05) is 0 Å². The SMILES string of the molecule is O=C(OC(F)(F)C(F)CC(F)(F)F)OC(F)(F)C(F)CC(F)(F)F. The van der Waals surface area contributed by atoms with Gasteiger partial charge in [0.05, 0.1) is 12.8 Å². The number of rotatable bonds is 6. The van der Waals surface area contributed by atoms with Gasteiger partial charge < -0.3 is 9.47 Å². The Morgan fingerprint density at radius 3 is 1.12 bits per heavy atom. The molecule has 0 aliphatic carbocycles. The van der Waals surface area contributed by atoms with E-state index in [9.17, 15) is 57.5 Å². The number of carbonyl (C=O) groups is 1. The molecule has 0 N–H and O–H groups in total. The van der Waals surface area contributed by atoms with Crippen LogP contribution < -0.4 is 0 Å². The second-order valence-electron chi connectivity index (χ2n) is 4.15. The maximum absolute atomic E-state index is 12.7. The number of ether oxygens (including phenoxy) is 2. The maximum atomic E-state index is 12.7. The Labute approximate surface area is 124 Å². The van der Waals surface area contributed by atoms with Gasteiger partial charge in [-0.3, -0.25) is 0 Å². The number of hydrogen-bond acceptors (Lipinski definition) is 3. The van der Waals surface area contributed by atoms with Gasteiger partial charge in [0.2, 0.25) is 12.3 Å². The summed E-state index contributed by atoms with van der Waals surface area (Å²) in [4.78, 5) is 10.5. The molecule has 2 atom stereocenters. The maximum Gasteiger partial charge on any atom is 0.517 e. The van der Waals surface area contributed by atoms with Crippen LogP contribution in [0.4, 0.5) is 57.5 Å². The zero-order valence-corrected chi connectivity index (χ0v) is 10.8. The van der Waals surface area contributed by atoms with Crippen LogP contribution in [0.3, 0.4) is 0 Å². The Morgan fingerprint density at radius 2 is 0.917 bits per heavy atom. The molecule has 0 bridgehead atoms. The summed E-state index contributed by atoms with van der Waals surface area (Å²) in [6, 6.07) is 0. The van der Waals surface area contributed by atoms with Crippen molar-refractivity contribution < 1.29 is 67.0 Å². The molecule has 144 valence electrons. The summed E-state index contributed by atoms with van der Waals surface area (Å²) >= 11 is 0. The fraction of sp³-hybridized carbons (Fsp3) is 0.889. The van der Waals surface area contributed by atoms with Crippen molar-refractivity contribution in [1.29, 1.82) is 0 Å². The lowest BCUT2D eigenvalue weighted by Gasteiger charge is -2.24. The quantitative estimate of drug-likeness (QED) is 0.478. The summed E-state index contributed by atoms with van der Waals surface area (Å²) in [7, 11) is 0. The fourth-order valence-electron chi connectivity index (χ4n) is 1.01. The van der Waals surface area contributed by atoms with Crippen molar-refractivity contribution in [2.24, 2.45) is 0 Å². The molecule has 2 unspecified atom stereocenters. The van der Waals surface area contributed by atoms with Crippen LogP contribution in [0.5, 0.6) is 0 Å². The molecule has 0 aliphatic heterocycles. The Bertz CT molecular complexity index is 390. The van der Waals surface area contributed by atoms with Crippen molar-refractivity contribution in [2.75, 3.05) is 0 Å². The van der Waals surface area contributed by atoms with Gasteiger partial charge in [-0.2, -0.15) is 43.9 Å². The first-order valence-corrected chi connectivity index (χ1v) is 5.45. The zero-order valence-electron chi connectivity index (χ0n) is 10.8. The van der Waals surface area contributed by atoms with Crippen molar-refractivity contribution in [1.82, 2.24) is 0 Å². The molecule has 0 spiro atoms. The first kappa shape index (κ1) is 22.4. The van der Waals surface area contributed by atoms with Crippen molar-refractivity contribution in [3.05, 3.63) is 0 Å². The smallest absolute Gasteiger partial charge is 0.366 e. The van der Waals surface area contributed by atoms with E-state index in [1.54, 1.807) is 0 Å². The fourth-order valence-corrected chi connectivity index (χ4v) is 1.01. The van der Waals surface area contributed by atoms with Gasteiger partial charge in [0, 0.05) is 0 Å². The van der Waals surface area contributed by atoms with Gasteiger partial charge >= 0.3 is 30.7 Å². The van der Waals surface area contributed by atoms with E-state index in [1.807, 2.05) is 0 Å². The minimum absolute atomic E-state index is 2.56. The van der Waals surface area contributed by atoms with E-state index in [4.69, 9.17) is 0 Å². The van der Waals surface area contributed by atoms with Gasteiger partial charge in [-0.05, 0) is 0 Å². The molecule has 0 fully saturated rings. The summed E-state index contributed by atoms with van der Waals surface area (Å²) in [5.41, 5.74) is 0. The van der Waals surface area contributed by atoms with E-state index in [1.165, 1.54) is 0 Å². The lowest BCUT2D eigenvalue weighted by atomic mass is 10.2. The number of hydrogen-bond donors (Lipinski definition) is 0. The second kappa shape index (κ2) is 7.13. The largest absolute Gasteiger partial charge is 0.517 e. The molecule has 24 heavy (non-hydrogen) atoms. The van der Waals surface area contributed by atoms with Crippen LogP contribution in [0.25, 0.3) is 0 Å². The molecule has 0 aromatic heterocycles. The normalized spacial score (nSPS) is 16.5. The summed E-state index contributed by atoms with van der Waals surface area (Å²) in [6.45, 7) is 0. The highest BCUT2D eigenvalue weighted by atomic mass is 19.4. The highest BCUT2D eigenvalue weighted by Crippen LogP contribution is 2.36. The Morgan fingerprint density at radius 1 is 0.667 bits per heavy atom. The molecule has 3 nitrogen and oxygen atoms in total. The first-order valence-electron chi connectivity index (χ1n) is 5.45. The van der Waals surface area contributed by atoms with Crippen LogP contribution in [0.1, 0.15) is 12.8 Å². The monoisotopic (exact) mass is 390 g/mol. The summed E-state index contributed by atoms with van der Waals surface area (Å²) in [6.07, 6.45) is -39.6. The second-order valence-corrected chi connectivity index (χ2v) is 4.15. The van der Waals surface area contributed by atoms with Gasteiger partial charge in [-0.25, -0.2) is 13.6 Å². The minimum Gasteiger partial charge on any atom is -0.366 e. The van der Waals surface area contributed by atoms with Crippen LogP contribution >= 0.6 is 0 Å². The summed E-state index contributed by atoms with van der Waals surface area (Å²) in [5.74, 6) is 0. The van der Waals surface area contributed by atoms with Crippen LogP contribution in [-0.4, -0.2) is 43.1 Å². The number of halogens is 12. The average Bonchev–Trinajstić information content (AvgIpc) is 2.21. The lowest BCUT2D eigenvalue weighted by Crippen LogP contribution is -2.43. The van der Waals surface area contributed by atoms with Crippen LogP contribution in [0.15, 0.2) is 0 Å². The number of alkyl halides is 12. The third-order valence-electron chi connectivity index (χ3n) is 1.99. The lowest BCUT2D eigenvalue weighted by molar-refractivity contribution is -0.304. The first-order chi connectivity index (χ1) is 10.4. The molecule has 0 aromatic carbocycles. The van der Waals surface area contributed by atoms with E-state index in [0.29, 0.717) is 0 Å². The van der Waals surface area contributed by atoms with E-state index >= 15 is 0 Å². The van der Waals surface area contributed by atoms with Gasteiger partial charge in [0.15, 0.2) is 0 Å². The Kier molecular flexibility index (Phi) is 6.66. The van der Waals surface area contributed by atoms with E-state index < -0.39 is 55.9 Å². The molecule has 0 amide bonds. The highest BCUT2D eigenvalue weighted by molar-refractivity contribution is 5.60. The predicted molar refractivity (Wildman–Crippen MR) is 48.6 cm³/mol. The molecule has 0 radical (unpaired) electrons. The van der Waals surface area contributed by atoms with Crippen LogP contribution in [0, 0.1) is 0 Å². The molecule has 0 heterocycles. The molecule has 0 rings (SSSR count). The molecular weight excluding hydrogens is 384 g/mol. The molecule has 0 saturated heterocycles. The van der Waals surface area contributed by atoms with E-state index in [2.05, 4.69) is 9.47 Å². The van der Waals surface area contributed by atoms with Crippen molar-refractivity contribution in [3.8, 4) is 0 Å². The topological polar surface area (TPSA) is 35.5 Å². The molecule has 0 aromatic rings. The number of carbonyl (C=O) groups excluding carboxylic acids is 1. The van der Waals surface area contributed by atoms with Crippen LogP contribution in [-0.2, 0) is 9.47 Å². The van der Waals surface area contributed by atoms with Gasteiger partial charge in [0.1, 0.15) is 0 Å². The molecular formula is C9H6F12O3. The third-order valence-corrected chi connectivity index (χ3v) is 1.99. The standard InChI is InChI=1S/C9H6F12O3/c10-3(1-6(12,13)14)8(18,19)23-5(22)24-9(20,21)4(11)2-7(15,16)17/h3-4H,1-2H2. The van der Waals surface area contributed by atoms with Crippen molar-refractivity contribution in [2.45, 2.75) is 49.8 Å². The molecule has 15 heteroatoms. The van der Waals surface area contributed by atoms with E-state index in [-0.39, 0.29) is 0 Å². The summed E-state index contributed by atoms with van der Waals surface area (Å²) in [5, 5.41) is 0. The molecule has 0 saturated carbocycles. The van der Waals surface area contributed by atoms with Crippen molar-refractivity contribution >= 4 is 6.16 Å².